The summed E-state index contributed by atoms with van der Waals surface area (Å²) < 4.78 is 6.97. The van der Waals surface area contributed by atoms with Crippen molar-refractivity contribution in [2.45, 2.75) is 13.0 Å². The van der Waals surface area contributed by atoms with E-state index >= 15 is 0 Å². The fourth-order valence-corrected chi connectivity index (χ4v) is 4.86. The number of hydrogen-bond acceptors (Lipinski definition) is 5. The van der Waals surface area contributed by atoms with Gasteiger partial charge in [0.05, 0.1) is 34.1 Å². The number of halogens is 1. The van der Waals surface area contributed by atoms with Gasteiger partial charge in [-0.3, -0.25) is 9.78 Å². The van der Waals surface area contributed by atoms with E-state index < -0.39 is 0 Å². The molecule has 4 aromatic rings. The topological polar surface area (TPSA) is 55.3 Å². The van der Waals surface area contributed by atoms with Gasteiger partial charge in [0.1, 0.15) is 6.10 Å². The minimum Gasteiger partial charge on any atom is -0.368 e. The quantitative estimate of drug-likeness (QED) is 0.412. The molecule has 0 unspecified atom stereocenters. The molecule has 5 nitrogen and oxygen atoms in total. The van der Waals surface area contributed by atoms with Gasteiger partial charge in [-0.05, 0) is 48.9 Å². The second kappa shape index (κ2) is 8.38. The molecule has 7 heteroatoms. The van der Waals surface area contributed by atoms with Gasteiger partial charge in [-0.2, -0.15) is 0 Å². The van der Waals surface area contributed by atoms with Gasteiger partial charge >= 0.3 is 0 Å². The molecule has 0 bridgehead atoms. The molecule has 1 amide bonds. The maximum atomic E-state index is 13.1. The standard InChI is InChI=1S/C24H20ClN3O2S/c1-15-27-21-8-5-17(12-23(21)31-15)24(29)28-9-10-30-22(14-28)20-7-6-18(13-26-20)16-3-2-4-19(25)11-16/h2-8,11-13,22H,9-10,14H2,1H3/t22-/m0/s1. The zero-order valence-electron chi connectivity index (χ0n) is 16.9. The van der Waals surface area contributed by atoms with E-state index in [2.05, 4.69) is 9.97 Å². The fourth-order valence-electron chi connectivity index (χ4n) is 3.80. The third kappa shape index (κ3) is 4.19. The van der Waals surface area contributed by atoms with E-state index in [-0.39, 0.29) is 12.0 Å². The number of nitrogens with zero attached hydrogens (tertiary/aromatic N) is 3. The maximum absolute atomic E-state index is 13.1. The number of thiazole rings is 1. The summed E-state index contributed by atoms with van der Waals surface area (Å²) in [6, 6.07) is 17.4. The monoisotopic (exact) mass is 449 g/mol. The molecular formula is C24H20ClN3O2S. The van der Waals surface area contributed by atoms with Crippen LogP contribution in [-0.2, 0) is 4.74 Å². The van der Waals surface area contributed by atoms with E-state index in [1.807, 2.05) is 72.6 Å². The van der Waals surface area contributed by atoms with E-state index in [9.17, 15) is 4.79 Å². The van der Waals surface area contributed by atoms with Crippen LogP contribution >= 0.6 is 22.9 Å². The van der Waals surface area contributed by atoms with E-state index in [0.29, 0.717) is 30.3 Å². The highest BCUT2D eigenvalue weighted by Gasteiger charge is 2.27. The van der Waals surface area contributed by atoms with Crippen molar-refractivity contribution in [3.63, 3.8) is 0 Å². The van der Waals surface area contributed by atoms with Gasteiger partial charge in [-0.15, -0.1) is 11.3 Å². The molecule has 31 heavy (non-hydrogen) atoms. The summed E-state index contributed by atoms with van der Waals surface area (Å²) in [6.07, 6.45) is 1.58. The smallest absolute Gasteiger partial charge is 0.254 e. The summed E-state index contributed by atoms with van der Waals surface area (Å²) in [4.78, 5) is 24.0. The third-order valence-corrected chi connectivity index (χ3v) is 6.54. The van der Waals surface area contributed by atoms with Gasteiger partial charge < -0.3 is 9.64 Å². The predicted octanol–water partition coefficient (Wildman–Crippen LogP) is 5.53. The zero-order chi connectivity index (χ0) is 21.4. The Labute approximate surface area is 189 Å². The van der Waals surface area contributed by atoms with Gasteiger partial charge in [0.2, 0.25) is 0 Å². The number of morpholine rings is 1. The highest BCUT2D eigenvalue weighted by molar-refractivity contribution is 7.18. The number of benzene rings is 2. The lowest BCUT2D eigenvalue weighted by Gasteiger charge is -2.32. The highest BCUT2D eigenvalue weighted by atomic mass is 35.5. The maximum Gasteiger partial charge on any atom is 0.254 e. The number of hydrogen-bond donors (Lipinski definition) is 0. The summed E-state index contributed by atoms with van der Waals surface area (Å²) in [6.45, 7) is 3.50. The van der Waals surface area contributed by atoms with Gasteiger partial charge in [-0.1, -0.05) is 29.8 Å². The normalized spacial score (nSPS) is 16.6. The van der Waals surface area contributed by atoms with Crippen LogP contribution in [0.5, 0.6) is 0 Å². The molecule has 3 heterocycles. The van der Waals surface area contributed by atoms with Crippen LogP contribution in [0.2, 0.25) is 5.02 Å². The Morgan fingerprint density at radius 1 is 1.16 bits per heavy atom. The van der Waals surface area contributed by atoms with Crippen LogP contribution in [-0.4, -0.2) is 40.5 Å². The number of fused-ring (bicyclic) bond motifs is 1. The molecule has 2 aromatic heterocycles. The first-order valence-electron chi connectivity index (χ1n) is 10.1. The number of aryl methyl sites for hydroxylation is 1. The van der Waals surface area contributed by atoms with Crippen LogP contribution in [0.15, 0.2) is 60.8 Å². The van der Waals surface area contributed by atoms with Crippen LogP contribution in [0.3, 0.4) is 0 Å². The summed E-state index contributed by atoms with van der Waals surface area (Å²) in [5.74, 6) is 0.0109. The Morgan fingerprint density at radius 3 is 2.87 bits per heavy atom. The number of pyridine rings is 1. The number of carbonyl (C=O) groups excluding carboxylic acids is 1. The van der Waals surface area contributed by atoms with E-state index in [0.717, 1.165) is 32.0 Å². The fraction of sp³-hybridized carbons (Fsp3) is 0.208. The highest BCUT2D eigenvalue weighted by Crippen LogP contribution is 2.27. The minimum atomic E-state index is -0.250. The van der Waals surface area contributed by atoms with Crippen molar-refractivity contribution >= 4 is 39.1 Å². The molecule has 0 saturated carbocycles. The van der Waals surface area contributed by atoms with Crippen molar-refractivity contribution in [1.82, 2.24) is 14.9 Å². The molecule has 1 aliphatic rings. The number of aromatic nitrogens is 2. The molecule has 0 aliphatic carbocycles. The Kier molecular flexibility index (Phi) is 5.44. The van der Waals surface area contributed by atoms with E-state index in [1.165, 1.54) is 0 Å². The molecule has 1 aliphatic heterocycles. The number of rotatable bonds is 3. The lowest BCUT2D eigenvalue weighted by Crippen LogP contribution is -2.42. The zero-order valence-corrected chi connectivity index (χ0v) is 18.5. The van der Waals surface area contributed by atoms with Crippen LogP contribution in [0, 0.1) is 6.92 Å². The minimum absolute atomic E-state index is 0.0109. The third-order valence-electron chi connectivity index (χ3n) is 5.37. The van der Waals surface area contributed by atoms with Gasteiger partial charge in [0.15, 0.2) is 0 Å². The molecule has 2 aromatic carbocycles. The van der Waals surface area contributed by atoms with E-state index in [4.69, 9.17) is 16.3 Å². The molecule has 1 atom stereocenters. The SMILES string of the molecule is Cc1nc2ccc(C(=O)N3CCO[C@H](c4ccc(-c5cccc(Cl)c5)cn4)C3)cc2s1. The molecule has 5 rings (SSSR count). The average Bonchev–Trinajstić information content (AvgIpc) is 3.18. The second-order valence-electron chi connectivity index (χ2n) is 7.51. The van der Waals surface area contributed by atoms with Crippen molar-refractivity contribution in [1.29, 1.82) is 0 Å². The molecule has 1 fully saturated rings. The second-order valence-corrected chi connectivity index (χ2v) is 9.18. The first kappa shape index (κ1) is 20.1. The average molecular weight is 450 g/mol. The van der Waals surface area contributed by atoms with Crippen molar-refractivity contribution in [2.24, 2.45) is 0 Å². The first-order chi connectivity index (χ1) is 15.1. The molecular weight excluding hydrogens is 430 g/mol. The van der Waals surface area contributed by atoms with Crippen molar-refractivity contribution in [3.05, 3.63) is 82.1 Å². The van der Waals surface area contributed by atoms with Crippen LogP contribution in [0.25, 0.3) is 21.3 Å². The van der Waals surface area contributed by atoms with Crippen molar-refractivity contribution < 1.29 is 9.53 Å². The Hall–Kier alpha value is -2.80. The van der Waals surface area contributed by atoms with Crippen LogP contribution in [0.4, 0.5) is 0 Å². The van der Waals surface area contributed by atoms with E-state index in [1.54, 1.807) is 11.3 Å². The summed E-state index contributed by atoms with van der Waals surface area (Å²) in [5, 5.41) is 1.69. The lowest BCUT2D eigenvalue weighted by atomic mass is 10.1. The van der Waals surface area contributed by atoms with Crippen molar-refractivity contribution in [2.75, 3.05) is 19.7 Å². The van der Waals surface area contributed by atoms with Gasteiger partial charge in [0.25, 0.3) is 5.91 Å². The Morgan fingerprint density at radius 2 is 2.06 bits per heavy atom. The van der Waals surface area contributed by atoms with Crippen molar-refractivity contribution in [3.8, 4) is 11.1 Å². The molecule has 0 spiro atoms. The lowest BCUT2D eigenvalue weighted by molar-refractivity contribution is -0.0247. The number of amides is 1. The van der Waals surface area contributed by atoms with Crippen LogP contribution < -0.4 is 0 Å². The van der Waals surface area contributed by atoms with Gasteiger partial charge in [0, 0.05) is 28.9 Å². The van der Waals surface area contributed by atoms with Gasteiger partial charge in [-0.25, -0.2) is 4.98 Å². The molecule has 1 saturated heterocycles. The molecule has 0 radical (unpaired) electrons. The first-order valence-corrected chi connectivity index (χ1v) is 11.3. The molecule has 156 valence electrons. The predicted molar refractivity (Wildman–Crippen MR) is 124 cm³/mol. The summed E-state index contributed by atoms with van der Waals surface area (Å²) in [5.41, 5.74) is 4.44. The molecule has 0 N–H and O–H groups in total. The number of carbonyl (C=O) groups is 1. The Balaban J connectivity index is 1.33. The Bertz CT molecular complexity index is 1260. The largest absolute Gasteiger partial charge is 0.368 e. The number of ether oxygens (including phenoxy) is 1. The summed E-state index contributed by atoms with van der Waals surface area (Å²) in [7, 11) is 0. The summed E-state index contributed by atoms with van der Waals surface area (Å²) >= 11 is 7.70. The van der Waals surface area contributed by atoms with Crippen LogP contribution in [0.1, 0.15) is 27.2 Å².